The highest BCUT2D eigenvalue weighted by Gasteiger charge is 2.43. The zero-order valence-corrected chi connectivity index (χ0v) is 10.7. The number of nitrogens with one attached hydrogen (secondary N) is 1. The molecule has 1 aliphatic heterocycles. The maximum absolute atomic E-state index is 9.83. The number of halogens is 1. The van der Waals surface area contributed by atoms with Crippen molar-refractivity contribution >= 4 is 17.3 Å². The number of rotatable bonds is 3. The molecule has 0 radical (unpaired) electrons. The van der Waals surface area contributed by atoms with Crippen molar-refractivity contribution in [3.63, 3.8) is 0 Å². The van der Waals surface area contributed by atoms with Crippen LogP contribution < -0.4 is 5.32 Å². The Morgan fingerprint density at radius 3 is 2.26 bits per heavy atom. The SMILES string of the molecule is OC[C@@H]1O[C@H](Nc2ccc(Cl)cc2)[C@H](O)[C@H](O)[C@@H]1O. The first kappa shape index (κ1) is 14.5. The summed E-state index contributed by atoms with van der Waals surface area (Å²) >= 11 is 5.76. The van der Waals surface area contributed by atoms with Crippen molar-refractivity contribution < 1.29 is 25.2 Å². The van der Waals surface area contributed by atoms with Gasteiger partial charge in [-0.1, -0.05) is 11.6 Å². The van der Waals surface area contributed by atoms with E-state index in [0.717, 1.165) is 0 Å². The predicted molar refractivity (Wildman–Crippen MR) is 68.8 cm³/mol. The molecule has 1 fully saturated rings. The Hall–Kier alpha value is -0.890. The minimum atomic E-state index is -1.39. The summed E-state index contributed by atoms with van der Waals surface area (Å²) < 4.78 is 5.31. The van der Waals surface area contributed by atoms with E-state index in [-0.39, 0.29) is 0 Å². The van der Waals surface area contributed by atoms with Crippen LogP contribution in [-0.2, 0) is 4.74 Å². The largest absolute Gasteiger partial charge is 0.394 e. The average Bonchev–Trinajstić information content (AvgIpc) is 2.42. The molecule has 19 heavy (non-hydrogen) atoms. The van der Waals surface area contributed by atoms with Crippen molar-refractivity contribution in [2.45, 2.75) is 30.6 Å². The summed E-state index contributed by atoms with van der Waals surface area (Å²) in [4.78, 5) is 0. The molecule has 6 nitrogen and oxygen atoms in total. The van der Waals surface area contributed by atoms with E-state index in [2.05, 4.69) is 5.32 Å². The third-order valence-electron chi connectivity index (χ3n) is 3.05. The Balaban J connectivity index is 2.08. The van der Waals surface area contributed by atoms with Crippen LogP contribution >= 0.6 is 11.6 Å². The van der Waals surface area contributed by atoms with Crippen LogP contribution in [0.2, 0.25) is 5.02 Å². The van der Waals surface area contributed by atoms with Crippen LogP contribution in [-0.4, -0.2) is 57.7 Å². The standard InChI is InChI=1S/C12H16ClNO5/c13-6-1-3-7(4-2-6)14-12-11(18)10(17)9(16)8(5-15)19-12/h1-4,8-12,14-18H,5H2/t8-,9+,10+,11+,12-/m0/s1. The molecular weight excluding hydrogens is 274 g/mol. The van der Waals surface area contributed by atoms with E-state index in [1.54, 1.807) is 24.3 Å². The summed E-state index contributed by atoms with van der Waals surface area (Å²) in [6.45, 7) is -0.455. The lowest BCUT2D eigenvalue weighted by Crippen LogP contribution is -2.60. The summed E-state index contributed by atoms with van der Waals surface area (Å²) in [5, 5.41) is 41.6. The van der Waals surface area contributed by atoms with E-state index in [9.17, 15) is 15.3 Å². The number of hydrogen-bond acceptors (Lipinski definition) is 6. The van der Waals surface area contributed by atoms with Gasteiger partial charge in [-0.2, -0.15) is 0 Å². The molecule has 0 saturated carbocycles. The van der Waals surface area contributed by atoms with Crippen LogP contribution in [0.4, 0.5) is 5.69 Å². The molecule has 0 spiro atoms. The lowest BCUT2D eigenvalue weighted by molar-refractivity contribution is -0.221. The third-order valence-corrected chi connectivity index (χ3v) is 3.30. The molecule has 5 atom stereocenters. The molecule has 106 valence electrons. The number of aliphatic hydroxyl groups is 4. The lowest BCUT2D eigenvalue weighted by Gasteiger charge is -2.40. The molecule has 0 amide bonds. The summed E-state index contributed by atoms with van der Waals surface area (Å²) in [6.07, 6.45) is -5.92. The number of ether oxygens (including phenoxy) is 1. The van der Waals surface area contributed by atoms with E-state index in [1.165, 1.54) is 0 Å². The molecule has 5 N–H and O–H groups in total. The van der Waals surface area contributed by atoms with E-state index < -0.39 is 37.3 Å². The minimum absolute atomic E-state index is 0.455. The monoisotopic (exact) mass is 289 g/mol. The average molecular weight is 290 g/mol. The first-order chi connectivity index (χ1) is 9.02. The first-order valence-corrected chi connectivity index (χ1v) is 6.23. The Morgan fingerprint density at radius 1 is 1.05 bits per heavy atom. The van der Waals surface area contributed by atoms with Crippen LogP contribution in [0.1, 0.15) is 0 Å². The second-order valence-corrected chi connectivity index (χ2v) is 4.84. The zero-order chi connectivity index (χ0) is 14.0. The molecule has 1 saturated heterocycles. The second kappa shape index (κ2) is 6.04. The first-order valence-electron chi connectivity index (χ1n) is 5.85. The van der Waals surface area contributed by atoms with Gasteiger partial charge in [-0.05, 0) is 24.3 Å². The van der Waals surface area contributed by atoms with Gasteiger partial charge in [0.25, 0.3) is 0 Å². The van der Waals surface area contributed by atoms with Crippen LogP contribution in [0.3, 0.4) is 0 Å². The van der Waals surface area contributed by atoms with E-state index >= 15 is 0 Å². The molecule has 0 unspecified atom stereocenters. The fourth-order valence-corrected chi connectivity index (χ4v) is 2.06. The number of aliphatic hydroxyl groups excluding tert-OH is 4. The van der Waals surface area contributed by atoms with Crippen molar-refractivity contribution in [2.75, 3.05) is 11.9 Å². The molecule has 0 aliphatic carbocycles. The highest BCUT2D eigenvalue weighted by Crippen LogP contribution is 2.23. The summed E-state index contributed by atoms with van der Waals surface area (Å²) in [6, 6.07) is 6.69. The van der Waals surface area contributed by atoms with Crippen molar-refractivity contribution in [3.05, 3.63) is 29.3 Å². The Kier molecular flexibility index (Phi) is 4.62. The normalized spacial score (nSPS) is 35.1. The molecule has 7 heteroatoms. The van der Waals surface area contributed by atoms with Crippen molar-refractivity contribution in [1.82, 2.24) is 0 Å². The highest BCUT2D eigenvalue weighted by atomic mass is 35.5. The van der Waals surface area contributed by atoms with Crippen molar-refractivity contribution in [3.8, 4) is 0 Å². The Labute approximate surface area is 115 Å². The fourth-order valence-electron chi connectivity index (χ4n) is 1.93. The lowest BCUT2D eigenvalue weighted by atomic mass is 9.98. The summed E-state index contributed by atoms with van der Waals surface area (Å²) in [7, 11) is 0. The molecule has 0 bridgehead atoms. The zero-order valence-electron chi connectivity index (χ0n) is 9.98. The highest BCUT2D eigenvalue weighted by molar-refractivity contribution is 6.30. The minimum Gasteiger partial charge on any atom is -0.394 e. The van der Waals surface area contributed by atoms with Gasteiger partial charge in [-0.25, -0.2) is 0 Å². The van der Waals surface area contributed by atoms with Crippen LogP contribution in [0.15, 0.2) is 24.3 Å². The smallest absolute Gasteiger partial charge is 0.157 e. The van der Waals surface area contributed by atoms with Gasteiger partial charge in [-0.3, -0.25) is 0 Å². The van der Waals surface area contributed by atoms with E-state index in [1.807, 2.05) is 0 Å². The topological polar surface area (TPSA) is 102 Å². The number of benzene rings is 1. The second-order valence-electron chi connectivity index (χ2n) is 4.40. The Morgan fingerprint density at radius 2 is 1.68 bits per heavy atom. The quantitative estimate of drug-likeness (QED) is 0.517. The summed E-state index contributed by atoms with van der Waals surface area (Å²) in [5.74, 6) is 0. The van der Waals surface area contributed by atoms with Crippen LogP contribution in [0.5, 0.6) is 0 Å². The maximum atomic E-state index is 9.83. The van der Waals surface area contributed by atoms with Gasteiger partial charge in [0.1, 0.15) is 24.4 Å². The molecule has 0 aromatic heterocycles. The van der Waals surface area contributed by atoms with Gasteiger partial charge in [0, 0.05) is 10.7 Å². The number of anilines is 1. The van der Waals surface area contributed by atoms with Crippen molar-refractivity contribution in [2.24, 2.45) is 0 Å². The van der Waals surface area contributed by atoms with Gasteiger partial charge in [0.15, 0.2) is 6.23 Å². The molecular formula is C12H16ClNO5. The molecule has 1 heterocycles. The van der Waals surface area contributed by atoms with Gasteiger partial charge in [0.2, 0.25) is 0 Å². The van der Waals surface area contributed by atoms with Gasteiger partial charge in [0.05, 0.1) is 6.61 Å². The van der Waals surface area contributed by atoms with Crippen LogP contribution in [0, 0.1) is 0 Å². The number of hydrogen-bond donors (Lipinski definition) is 5. The predicted octanol–water partition coefficient (Wildman–Crippen LogP) is -0.448. The third kappa shape index (κ3) is 3.17. The van der Waals surface area contributed by atoms with Crippen LogP contribution in [0.25, 0.3) is 0 Å². The summed E-state index contributed by atoms with van der Waals surface area (Å²) in [5.41, 5.74) is 0.633. The fraction of sp³-hybridized carbons (Fsp3) is 0.500. The molecule has 1 aliphatic rings. The van der Waals surface area contributed by atoms with E-state index in [0.29, 0.717) is 10.7 Å². The molecule has 1 aromatic rings. The molecule has 2 rings (SSSR count). The van der Waals surface area contributed by atoms with Gasteiger partial charge in [-0.15, -0.1) is 0 Å². The van der Waals surface area contributed by atoms with Crippen molar-refractivity contribution in [1.29, 1.82) is 0 Å². The van der Waals surface area contributed by atoms with Gasteiger partial charge >= 0.3 is 0 Å². The maximum Gasteiger partial charge on any atom is 0.157 e. The van der Waals surface area contributed by atoms with E-state index in [4.69, 9.17) is 21.4 Å². The Bertz CT molecular complexity index is 413. The molecule has 1 aromatic carbocycles. The van der Waals surface area contributed by atoms with Gasteiger partial charge < -0.3 is 30.5 Å².